The lowest BCUT2D eigenvalue weighted by atomic mass is 10.0. The molecule has 0 aromatic heterocycles. The molecule has 11 amide bonds. The van der Waals surface area contributed by atoms with Crippen LogP contribution in [0.1, 0.15) is 18.5 Å². The molecule has 1 aromatic carbocycles. The van der Waals surface area contributed by atoms with E-state index < -0.39 is 76.7 Å². The lowest BCUT2D eigenvalue weighted by Gasteiger charge is -2.37. The molecule has 0 bridgehead atoms. The van der Waals surface area contributed by atoms with Gasteiger partial charge >= 0.3 is 46.2 Å². The molecule has 43 heavy (non-hydrogen) atoms. The van der Waals surface area contributed by atoms with Gasteiger partial charge in [-0.15, -0.1) is 0 Å². The molecule has 3 fully saturated rings. The van der Waals surface area contributed by atoms with Crippen molar-refractivity contribution in [2.24, 2.45) is 0 Å². The Morgan fingerprint density at radius 1 is 0.884 bits per heavy atom. The lowest BCUT2D eigenvalue weighted by molar-refractivity contribution is -0.153. The number of hydrogen-bond acceptors (Lipinski definition) is 11. The molecule has 3 aliphatic rings. The molecule has 230 valence electrons. The van der Waals surface area contributed by atoms with Gasteiger partial charge < -0.3 is 20.3 Å². The predicted octanol–water partition coefficient (Wildman–Crippen LogP) is -2.43. The van der Waals surface area contributed by atoms with Crippen molar-refractivity contribution >= 4 is 58.0 Å². The number of likely N-dealkylation sites (tertiary alicyclic amines) is 1. The molecule has 0 aliphatic carbocycles. The van der Waals surface area contributed by atoms with E-state index in [0.29, 0.717) is 14.7 Å². The number of piperazine rings is 1. The highest BCUT2D eigenvalue weighted by Crippen LogP contribution is 2.18. The molecular weight excluding hydrogens is 596 g/mol. The monoisotopic (exact) mass is 622 g/mol. The van der Waals surface area contributed by atoms with Crippen LogP contribution in [0.15, 0.2) is 30.3 Å². The fraction of sp³-hybridized carbons (Fsp3) is 0.391. The second-order valence-electron chi connectivity index (χ2n) is 9.23. The Balaban J connectivity index is 1.36. The lowest BCUT2D eigenvalue weighted by Crippen LogP contribution is -2.68. The molecule has 2 atom stereocenters. The van der Waals surface area contributed by atoms with Crippen molar-refractivity contribution in [2.75, 3.05) is 39.3 Å². The van der Waals surface area contributed by atoms with Gasteiger partial charge in [0.1, 0.15) is 18.7 Å². The van der Waals surface area contributed by atoms with E-state index in [1.54, 1.807) is 25.1 Å². The van der Waals surface area contributed by atoms with Crippen LogP contribution < -0.4 is 20.1 Å². The number of carbonyl (C=O) groups is 8. The quantitative estimate of drug-likeness (QED) is 0.184. The number of rotatable bonds is 7. The number of nitrogens with one attached hydrogen (secondary N) is 4. The standard InChI is InChI=1S/C23H26N8O11S/c1-2-28-8-9-29(19(35)18(28)34)20(36)25-15(13-6-4-3-5-7-13)16(32)24-14-12-31(17(14)33)22(38)27-43(40,41)26-21(37)30-10-11-42-23(30)39/h3-7,14-15H,2,8-12H2,1H3,(H,24,32)(H,25,36)(H,26,37)(H,27,38)/t14-,15?/m0/s1. The van der Waals surface area contributed by atoms with Gasteiger partial charge in [-0.2, -0.15) is 8.42 Å². The SMILES string of the molecule is CCN1CCN(C(=O)NC(C(=O)N[C@H]2CN(C(=O)NS(=O)(=O)NC(=O)N3CCOC3=O)C2=O)c2ccccc2)C(=O)C1=O. The first-order valence-electron chi connectivity index (χ1n) is 12.7. The normalized spacial score (nSPS) is 19.3. The highest BCUT2D eigenvalue weighted by Gasteiger charge is 2.45. The van der Waals surface area contributed by atoms with Gasteiger partial charge in [0.05, 0.1) is 13.1 Å². The highest BCUT2D eigenvalue weighted by atomic mass is 32.2. The number of amides is 11. The molecular formula is C23H26N8O11S. The predicted molar refractivity (Wildman–Crippen MR) is 139 cm³/mol. The second kappa shape index (κ2) is 12.3. The first kappa shape index (κ1) is 30.7. The summed E-state index contributed by atoms with van der Waals surface area (Å²) in [6, 6.07) is 1.22. The molecule has 20 heteroatoms. The maximum atomic E-state index is 13.2. The van der Waals surface area contributed by atoms with E-state index >= 15 is 0 Å². The summed E-state index contributed by atoms with van der Waals surface area (Å²) >= 11 is 0. The average molecular weight is 623 g/mol. The Bertz CT molecular complexity index is 1480. The van der Waals surface area contributed by atoms with Crippen molar-refractivity contribution in [1.29, 1.82) is 0 Å². The summed E-state index contributed by atoms with van der Waals surface area (Å²) in [5.74, 6) is -3.85. The van der Waals surface area contributed by atoms with Gasteiger partial charge in [-0.05, 0) is 12.5 Å². The van der Waals surface area contributed by atoms with E-state index in [9.17, 15) is 46.8 Å². The van der Waals surface area contributed by atoms with Crippen LogP contribution in [-0.2, 0) is 34.1 Å². The van der Waals surface area contributed by atoms with Crippen molar-refractivity contribution in [1.82, 2.24) is 39.7 Å². The minimum Gasteiger partial charge on any atom is -0.447 e. The Morgan fingerprint density at radius 3 is 2.12 bits per heavy atom. The number of β-lactam (4-membered cyclic amide) rings is 1. The Morgan fingerprint density at radius 2 is 1.53 bits per heavy atom. The minimum atomic E-state index is -4.85. The van der Waals surface area contributed by atoms with Gasteiger partial charge in [-0.1, -0.05) is 30.3 Å². The van der Waals surface area contributed by atoms with Gasteiger partial charge in [0.15, 0.2) is 0 Å². The van der Waals surface area contributed by atoms with Gasteiger partial charge in [0.2, 0.25) is 5.91 Å². The topological polar surface area (TPSA) is 241 Å². The second-order valence-corrected chi connectivity index (χ2v) is 10.6. The molecule has 1 unspecified atom stereocenters. The van der Waals surface area contributed by atoms with Crippen molar-refractivity contribution in [3.8, 4) is 0 Å². The Kier molecular flexibility index (Phi) is 8.78. The number of nitrogens with zero attached hydrogens (tertiary/aromatic N) is 4. The number of benzene rings is 1. The Labute approximate surface area is 243 Å². The number of imide groups is 3. The van der Waals surface area contributed by atoms with Crippen molar-refractivity contribution < 1.29 is 51.5 Å². The van der Waals surface area contributed by atoms with Crippen LogP contribution in [0.2, 0.25) is 0 Å². The van der Waals surface area contributed by atoms with Crippen LogP contribution in [0.5, 0.6) is 0 Å². The maximum Gasteiger partial charge on any atom is 0.418 e. The molecule has 4 N–H and O–H groups in total. The van der Waals surface area contributed by atoms with E-state index in [1.165, 1.54) is 26.5 Å². The molecule has 1 aromatic rings. The summed E-state index contributed by atoms with van der Waals surface area (Å²) in [5.41, 5.74) is 0.268. The number of ether oxygens (including phenoxy) is 1. The van der Waals surface area contributed by atoms with Crippen LogP contribution in [0.4, 0.5) is 19.2 Å². The fourth-order valence-electron chi connectivity index (χ4n) is 4.23. The molecule has 3 aliphatic heterocycles. The molecule has 3 saturated heterocycles. The van der Waals surface area contributed by atoms with Gasteiger partial charge in [-0.25, -0.2) is 33.5 Å². The first-order valence-corrected chi connectivity index (χ1v) is 14.2. The average Bonchev–Trinajstić information content (AvgIpc) is 3.40. The maximum absolute atomic E-state index is 13.2. The van der Waals surface area contributed by atoms with Gasteiger partial charge in [0, 0.05) is 19.6 Å². The number of carbonyl (C=O) groups excluding carboxylic acids is 8. The smallest absolute Gasteiger partial charge is 0.418 e. The first-order chi connectivity index (χ1) is 20.3. The van der Waals surface area contributed by atoms with Crippen molar-refractivity contribution in [3.05, 3.63) is 35.9 Å². The number of likely N-dealkylation sites (N-methyl/N-ethyl adjacent to an activating group) is 1. The summed E-state index contributed by atoms with van der Waals surface area (Å²) in [6.07, 6.45) is -1.08. The largest absolute Gasteiger partial charge is 0.447 e. The van der Waals surface area contributed by atoms with Crippen LogP contribution in [-0.4, -0.2) is 121 Å². The molecule has 0 saturated carbocycles. The van der Waals surface area contributed by atoms with E-state index in [0.717, 1.165) is 0 Å². The van der Waals surface area contributed by atoms with Crippen LogP contribution in [0.3, 0.4) is 0 Å². The molecule has 19 nitrogen and oxygen atoms in total. The summed E-state index contributed by atoms with van der Waals surface area (Å²) in [5, 5.41) is 4.74. The van der Waals surface area contributed by atoms with E-state index in [4.69, 9.17) is 0 Å². The van der Waals surface area contributed by atoms with E-state index in [-0.39, 0.29) is 38.3 Å². The molecule has 0 spiro atoms. The number of cyclic esters (lactones) is 1. The third kappa shape index (κ3) is 6.63. The summed E-state index contributed by atoms with van der Waals surface area (Å²) in [7, 11) is -4.85. The zero-order valence-corrected chi connectivity index (χ0v) is 23.3. The summed E-state index contributed by atoms with van der Waals surface area (Å²) in [4.78, 5) is 102. The van der Waals surface area contributed by atoms with Crippen molar-refractivity contribution in [3.63, 3.8) is 0 Å². The minimum absolute atomic E-state index is 0.107. The van der Waals surface area contributed by atoms with Crippen molar-refractivity contribution in [2.45, 2.75) is 19.0 Å². The summed E-state index contributed by atoms with van der Waals surface area (Å²) < 4.78 is 31.7. The summed E-state index contributed by atoms with van der Waals surface area (Å²) in [6.45, 7) is 1.12. The molecule has 3 heterocycles. The highest BCUT2D eigenvalue weighted by molar-refractivity contribution is 7.88. The van der Waals surface area contributed by atoms with E-state index in [2.05, 4.69) is 15.4 Å². The number of hydrogen-bond donors (Lipinski definition) is 4. The van der Waals surface area contributed by atoms with Crippen LogP contribution in [0.25, 0.3) is 0 Å². The molecule has 0 radical (unpaired) electrons. The third-order valence-corrected chi connectivity index (χ3v) is 7.43. The zero-order valence-electron chi connectivity index (χ0n) is 22.5. The Hall–Kier alpha value is -5.27. The number of urea groups is 3. The van der Waals surface area contributed by atoms with Gasteiger partial charge in [0.25, 0.3) is 5.91 Å². The van der Waals surface area contributed by atoms with Gasteiger partial charge in [-0.3, -0.25) is 29.0 Å². The molecule has 4 rings (SSSR count). The fourth-order valence-corrected chi connectivity index (χ4v) is 4.96. The van der Waals surface area contributed by atoms with Crippen LogP contribution in [0, 0.1) is 0 Å². The third-order valence-electron chi connectivity index (χ3n) is 6.54. The van der Waals surface area contributed by atoms with Crippen LogP contribution >= 0.6 is 0 Å². The zero-order chi connectivity index (χ0) is 31.5. The van der Waals surface area contributed by atoms with E-state index in [1.807, 2.05) is 0 Å².